The molecular formula is C13H19N3S. The van der Waals surface area contributed by atoms with Gasteiger partial charge in [-0.2, -0.15) is 0 Å². The Morgan fingerprint density at radius 3 is 2.94 bits per heavy atom. The Morgan fingerprint density at radius 2 is 2.35 bits per heavy atom. The Hall–Kier alpha value is -1.13. The van der Waals surface area contributed by atoms with Gasteiger partial charge < -0.3 is 9.88 Å². The molecule has 0 aliphatic rings. The van der Waals surface area contributed by atoms with E-state index in [9.17, 15) is 0 Å². The average molecular weight is 249 g/mol. The monoisotopic (exact) mass is 249 g/mol. The first kappa shape index (κ1) is 12.3. The van der Waals surface area contributed by atoms with E-state index in [-0.39, 0.29) is 0 Å². The molecule has 0 spiro atoms. The topological polar surface area (TPSA) is 29.9 Å². The summed E-state index contributed by atoms with van der Waals surface area (Å²) >= 11 is 1.83. The number of nitrogens with zero attached hydrogens (tertiary/aromatic N) is 2. The van der Waals surface area contributed by atoms with E-state index in [1.54, 1.807) is 0 Å². The second-order valence-electron chi connectivity index (χ2n) is 4.20. The van der Waals surface area contributed by atoms with E-state index in [0.29, 0.717) is 6.04 Å². The molecule has 0 aromatic carbocycles. The van der Waals surface area contributed by atoms with Gasteiger partial charge in [0.25, 0.3) is 0 Å². The molecule has 1 N–H and O–H groups in total. The first-order valence-corrected chi connectivity index (χ1v) is 6.89. The van der Waals surface area contributed by atoms with Crippen molar-refractivity contribution in [2.24, 2.45) is 7.05 Å². The summed E-state index contributed by atoms with van der Waals surface area (Å²) in [6.07, 6.45) is 5.93. The highest BCUT2D eigenvalue weighted by molar-refractivity contribution is 7.09. The summed E-state index contributed by atoms with van der Waals surface area (Å²) in [4.78, 5) is 5.83. The lowest BCUT2D eigenvalue weighted by molar-refractivity contribution is 0.507. The second-order valence-corrected chi connectivity index (χ2v) is 5.23. The van der Waals surface area contributed by atoms with Crippen molar-refractivity contribution in [3.05, 3.63) is 40.6 Å². The third kappa shape index (κ3) is 3.41. The van der Waals surface area contributed by atoms with Gasteiger partial charge in [-0.3, -0.25) is 0 Å². The Morgan fingerprint density at radius 1 is 1.47 bits per heavy atom. The van der Waals surface area contributed by atoms with Crippen LogP contribution in [0.15, 0.2) is 29.9 Å². The molecule has 0 aliphatic heterocycles. The van der Waals surface area contributed by atoms with Gasteiger partial charge in [-0.05, 0) is 24.4 Å². The smallest absolute Gasteiger partial charge is 0.109 e. The molecule has 0 saturated carbocycles. The highest BCUT2D eigenvalue weighted by atomic mass is 32.1. The first-order chi connectivity index (χ1) is 8.29. The number of imidazole rings is 1. The van der Waals surface area contributed by atoms with Crippen molar-refractivity contribution in [3.63, 3.8) is 0 Å². The fourth-order valence-corrected chi connectivity index (χ4v) is 2.78. The number of aryl methyl sites for hydroxylation is 1. The number of likely N-dealkylation sites (N-methyl/N-ethyl adjacent to an activating group) is 1. The van der Waals surface area contributed by atoms with E-state index in [2.05, 4.69) is 46.4 Å². The van der Waals surface area contributed by atoms with Gasteiger partial charge in [0.05, 0.1) is 0 Å². The average Bonchev–Trinajstić information content (AvgIpc) is 2.92. The number of rotatable bonds is 6. The van der Waals surface area contributed by atoms with Crippen LogP contribution < -0.4 is 5.32 Å². The summed E-state index contributed by atoms with van der Waals surface area (Å²) in [7, 11) is 2.05. The molecule has 1 unspecified atom stereocenters. The van der Waals surface area contributed by atoms with Gasteiger partial charge in [-0.15, -0.1) is 11.3 Å². The van der Waals surface area contributed by atoms with E-state index in [4.69, 9.17) is 0 Å². The van der Waals surface area contributed by atoms with Gasteiger partial charge in [0.2, 0.25) is 0 Å². The SMILES string of the molecule is CCNC(Cc1cccs1)Cc1nccn1C. The van der Waals surface area contributed by atoms with Gasteiger partial charge in [-0.25, -0.2) is 4.98 Å². The number of aromatic nitrogens is 2. The molecule has 3 nitrogen and oxygen atoms in total. The molecule has 92 valence electrons. The van der Waals surface area contributed by atoms with Crippen molar-refractivity contribution in [3.8, 4) is 0 Å². The Labute approximate surface area is 107 Å². The number of hydrogen-bond acceptors (Lipinski definition) is 3. The van der Waals surface area contributed by atoms with Crippen LogP contribution in [0.4, 0.5) is 0 Å². The Kier molecular flexibility index (Phi) is 4.34. The van der Waals surface area contributed by atoms with Gasteiger partial charge in [0.1, 0.15) is 5.82 Å². The molecule has 0 radical (unpaired) electrons. The minimum absolute atomic E-state index is 0.472. The van der Waals surface area contributed by atoms with Crippen LogP contribution in [0.1, 0.15) is 17.6 Å². The third-order valence-corrected chi connectivity index (χ3v) is 3.77. The summed E-state index contributed by atoms with van der Waals surface area (Å²) in [6, 6.07) is 4.79. The third-order valence-electron chi connectivity index (χ3n) is 2.87. The largest absolute Gasteiger partial charge is 0.338 e. The Balaban J connectivity index is 2.00. The maximum Gasteiger partial charge on any atom is 0.109 e. The molecule has 2 heterocycles. The van der Waals surface area contributed by atoms with Crippen molar-refractivity contribution >= 4 is 11.3 Å². The van der Waals surface area contributed by atoms with E-state index in [1.165, 1.54) is 4.88 Å². The van der Waals surface area contributed by atoms with Crippen molar-refractivity contribution in [1.29, 1.82) is 0 Å². The molecule has 4 heteroatoms. The molecule has 2 rings (SSSR count). The van der Waals surface area contributed by atoms with Gasteiger partial charge in [0.15, 0.2) is 0 Å². The molecule has 1 atom stereocenters. The molecule has 0 fully saturated rings. The zero-order chi connectivity index (χ0) is 12.1. The summed E-state index contributed by atoms with van der Waals surface area (Å²) in [5.41, 5.74) is 0. The van der Waals surface area contributed by atoms with Crippen LogP contribution in [0, 0.1) is 0 Å². The maximum atomic E-state index is 4.39. The Bertz CT molecular complexity index is 433. The van der Waals surface area contributed by atoms with Crippen LogP contribution in [0.2, 0.25) is 0 Å². The minimum Gasteiger partial charge on any atom is -0.338 e. The normalized spacial score (nSPS) is 12.8. The lowest BCUT2D eigenvalue weighted by Crippen LogP contribution is -2.33. The summed E-state index contributed by atoms with van der Waals surface area (Å²) in [5, 5.41) is 5.68. The molecule has 0 amide bonds. The highest BCUT2D eigenvalue weighted by Gasteiger charge is 2.12. The molecule has 0 bridgehead atoms. The zero-order valence-electron chi connectivity index (χ0n) is 10.4. The van der Waals surface area contributed by atoms with Crippen molar-refractivity contribution in [2.45, 2.75) is 25.8 Å². The van der Waals surface area contributed by atoms with Crippen molar-refractivity contribution in [2.75, 3.05) is 6.54 Å². The van der Waals surface area contributed by atoms with Crippen LogP contribution in [0.25, 0.3) is 0 Å². The zero-order valence-corrected chi connectivity index (χ0v) is 11.2. The minimum atomic E-state index is 0.472. The van der Waals surface area contributed by atoms with Crippen LogP contribution in [-0.2, 0) is 19.9 Å². The summed E-state index contributed by atoms with van der Waals surface area (Å²) in [5.74, 6) is 1.15. The lowest BCUT2D eigenvalue weighted by Gasteiger charge is -2.16. The van der Waals surface area contributed by atoms with E-state index in [1.807, 2.05) is 23.7 Å². The standard InChI is InChI=1S/C13H19N3S/c1-3-14-11(9-12-5-4-8-17-12)10-13-15-6-7-16(13)2/h4-8,11,14H,3,9-10H2,1-2H3. The molecule has 0 aliphatic carbocycles. The highest BCUT2D eigenvalue weighted by Crippen LogP contribution is 2.13. The van der Waals surface area contributed by atoms with Crippen LogP contribution in [0.5, 0.6) is 0 Å². The van der Waals surface area contributed by atoms with Crippen molar-refractivity contribution in [1.82, 2.24) is 14.9 Å². The lowest BCUT2D eigenvalue weighted by atomic mass is 10.1. The number of hydrogen-bond donors (Lipinski definition) is 1. The predicted octanol–water partition coefficient (Wildman–Crippen LogP) is 2.24. The second kappa shape index (κ2) is 5.98. The molecule has 2 aromatic rings. The fraction of sp³-hybridized carbons (Fsp3) is 0.462. The molecular weight excluding hydrogens is 230 g/mol. The predicted molar refractivity (Wildman–Crippen MR) is 72.4 cm³/mol. The molecule has 17 heavy (non-hydrogen) atoms. The summed E-state index contributed by atoms with van der Waals surface area (Å²) in [6.45, 7) is 3.15. The maximum absolute atomic E-state index is 4.39. The van der Waals surface area contributed by atoms with Gasteiger partial charge in [-0.1, -0.05) is 13.0 Å². The van der Waals surface area contributed by atoms with E-state index < -0.39 is 0 Å². The van der Waals surface area contributed by atoms with Gasteiger partial charge >= 0.3 is 0 Å². The van der Waals surface area contributed by atoms with Gasteiger partial charge in [0, 0.05) is 36.8 Å². The summed E-state index contributed by atoms with van der Waals surface area (Å²) < 4.78 is 2.10. The quantitative estimate of drug-likeness (QED) is 0.851. The van der Waals surface area contributed by atoms with Crippen molar-refractivity contribution < 1.29 is 0 Å². The van der Waals surface area contributed by atoms with Crippen LogP contribution in [-0.4, -0.2) is 22.1 Å². The fourth-order valence-electron chi connectivity index (χ4n) is 1.99. The van der Waals surface area contributed by atoms with E-state index >= 15 is 0 Å². The molecule has 0 saturated heterocycles. The van der Waals surface area contributed by atoms with Crippen LogP contribution >= 0.6 is 11.3 Å². The molecule has 2 aromatic heterocycles. The number of nitrogens with one attached hydrogen (secondary N) is 1. The van der Waals surface area contributed by atoms with Crippen LogP contribution in [0.3, 0.4) is 0 Å². The number of thiophene rings is 1. The van der Waals surface area contributed by atoms with E-state index in [0.717, 1.165) is 25.2 Å². The first-order valence-electron chi connectivity index (χ1n) is 6.01.